The third-order valence-corrected chi connectivity index (χ3v) is 4.45. The topological polar surface area (TPSA) is 107 Å². The number of nitriles is 1. The van der Waals surface area contributed by atoms with Gasteiger partial charge in [0.15, 0.2) is 18.1 Å². The van der Waals surface area contributed by atoms with E-state index in [4.69, 9.17) is 24.2 Å². The zero-order valence-corrected chi connectivity index (χ0v) is 17.2. The van der Waals surface area contributed by atoms with E-state index >= 15 is 0 Å². The van der Waals surface area contributed by atoms with E-state index in [1.165, 1.54) is 33.5 Å². The molecule has 0 radical (unpaired) electrons. The van der Waals surface area contributed by atoms with Gasteiger partial charge in [-0.2, -0.15) is 5.26 Å². The number of thioether (sulfide) groups is 1. The first-order valence-electron chi connectivity index (χ1n) is 8.37. The Morgan fingerprint density at radius 3 is 2.24 bits per heavy atom. The number of anilines is 1. The number of hydrogen-bond acceptors (Lipinski definition) is 8. The smallest absolute Gasteiger partial charge is 0.338 e. The maximum Gasteiger partial charge on any atom is 0.338 e. The molecule has 0 saturated heterocycles. The summed E-state index contributed by atoms with van der Waals surface area (Å²) in [6.07, 6.45) is 0. The van der Waals surface area contributed by atoms with Crippen LogP contribution in [0.1, 0.15) is 15.9 Å². The van der Waals surface area contributed by atoms with Crippen molar-refractivity contribution in [1.82, 2.24) is 0 Å². The molecule has 29 heavy (non-hydrogen) atoms. The van der Waals surface area contributed by atoms with Gasteiger partial charge in [0.1, 0.15) is 5.40 Å². The molecule has 0 heterocycles. The van der Waals surface area contributed by atoms with Crippen molar-refractivity contribution < 1.29 is 28.5 Å². The number of hydrogen-bond donors (Lipinski definition) is 1. The second kappa shape index (κ2) is 10.2. The van der Waals surface area contributed by atoms with Gasteiger partial charge in [-0.3, -0.25) is 4.79 Å². The molecule has 1 N–H and O–H groups in total. The summed E-state index contributed by atoms with van der Waals surface area (Å²) >= 11 is 1.03. The number of methoxy groups -OCH3 is 3. The molecule has 0 spiro atoms. The van der Waals surface area contributed by atoms with Crippen molar-refractivity contribution in [3.8, 4) is 22.6 Å². The predicted octanol–water partition coefficient (Wildman–Crippen LogP) is 3.39. The SMILES string of the molecule is COc1cc(C(=O)OCC(=O)Nc2ccc(SC#N)cc2C)cc(OC)c1OC. The number of carbonyl (C=O) groups is 2. The monoisotopic (exact) mass is 416 g/mol. The van der Waals surface area contributed by atoms with Crippen molar-refractivity contribution in [2.45, 2.75) is 11.8 Å². The van der Waals surface area contributed by atoms with Crippen molar-refractivity contribution in [3.05, 3.63) is 41.5 Å². The Hall–Kier alpha value is -3.38. The Morgan fingerprint density at radius 2 is 1.72 bits per heavy atom. The van der Waals surface area contributed by atoms with Crippen LogP contribution in [0.15, 0.2) is 35.2 Å². The van der Waals surface area contributed by atoms with Gasteiger partial charge in [0.25, 0.3) is 5.91 Å². The lowest BCUT2D eigenvalue weighted by molar-refractivity contribution is -0.119. The average Bonchev–Trinajstić information content (AvgIpc) is 2.72. The number of nitrogens with zero attached hydrogens (tertiary/aromatic N) is 1. The fourth-order valence-corrected chi connectivity index (χ4v) is 2.97. The first kappa shape index (κ1) is 21.9. The maximum atomic E-state index is 12.3. The van der Waals surface area contributed by atoms with Crippen molar-refractivity contribution in [2.75, 3.05) is 33.3 Å². The van der Waals surface area contributed by atoms with Crippen LogP contribution >= 0.6 is 11.8 Å². The number of amides is 1. The zero-order chi connectivity index (χ0) is 21.4. The van der Waals surface area contributed by atoms with E-state index in [-0.39, 0.29) is 5.56 Å². The molecule has 2 rings (SSSR count). The van der Waals surface area contributed by atoms with Gasteiger partial charge in [-0.1, -0.05) is 0 Å². The molecule has 0 fully saturated rings. The molecule has 0 bridgehead atoms. The zero-order valence-electron chi connectivity index (χ0n) is 16.4. The summed E-state index contributed by atoms with van der Waals surface area (Å²) < 4.78 is 20.7. The molecule has 0 aliphatic rings. The van der Waals surface area contributed by atoms with Gasteiger partial charge in [0.2, 0.25) is 5.75 Å². The Kier molecular flexibility index (Phi) is 7.74. The summed E-state index contributed by atoms with van der Waals surface area (Å²) in [5.41, 5.74) is 1.51. The summed E-state index contributed by atoms with van der Waals surface area (Å²) in [4.78, 5) is 25.3. The van der Waals surface area contributed by atoms with Gasteiger partial charge in [-0.05, 0) is 54.6 Å². The van der Waals surface area contributed by atoms with Gasteiger partial charge < -0.3 is 24.3 Å². The number of esters is 1. The number of aryl methyl sites for hydroxylation is 1. The molecule has 9 heteroatoms. The van der Waals surface area contributed by atoms with Crippen LogP contribution in [0, 0.1) is 17.6 Å². The number of rotatable bonds is 8. The molecular weight excluding hydrogens is 396 g/mol. The molecule has 8 nitrogen and oxygen atoms in total. The highest BCUT2D eigenvalue weighted by molar-refractivity contribution is 8.03. The summed E-state index contributed by atoms with van der Waals surface area (Å²) in [5.74, 6) is -0.257. The van der Waals surface area contributed by atoms with Gasteiger partial charge in [-0.25, -0.2) is 4.79 Å². The number of carbonyl (C=O) groups excluding carboxylic acids is 2. The highest BCUT2D eigenvalue weighted by atomic mass is 32.2. The molecule has 1 amide bonds. The maximum absolute atomic E-state index is 12.3. The second-order valence-corrected chi connectivity index (χ2v) is 6.57. The molecule has 0 aliphatic heterocycles. The lowest BCUT2D eigenvalue weighted by Gasteiger charge is -2.14. The Labute approximate surface area is 172 Å². The Balaban J connectivity index is 2.04. The lowest BCUT2D eigenvalue weighted by atomic mass is 10.2. The number of thiocyanates is 1. The van der Waals surface area contributed by atoms with Gasteiger partial charge in [0, 0.05) is 10.6 Å². The molecule has 0 aromatic heterocycles. The van der Waals surface area contributed by atoms with Gasteiger partial charge >= 0.3 is 5.97 Å². The Bertz CT molecular complexity index is 929. The number of nitrogens with one attached hydrogen (secondary N) is 1. The van der Waals surface area contributed by atoms with Gasteiger partial charge in [0.05, 0.1) is 26.9 Å². The molecule has 0 unspecified atom stereocenters. The van der Waals surface area contributed by atoms with Crippen LogP contribution in [-0.4, -0.2) is 39.8 Å². The quantitative estimate of drug-likeness (QED) is 0.396. The van der Waals surface area contributed by atoms with Crippen molar-refractivity contribution in [2.24, 2.45) is 0 Å². The molecule has 2 aromatic carbocycles. The van der Waals surface area contributed by atoms with E-state index in [0.29, 0.717) is 22.9 Å². The standard InChI is InChI=1S/C20H20N2O6S/c1-12-7-14(29-11-21)5-6-15(12)22-18(23)10-28-20(24)13-8-16(25-2)19(27-4)17(9-13)26-3/h5-9H,10H2,1-4H3,(H,22,23). The molecule has 152 valence electrons. The van der Waals surface area contributed by atoms with Crippen LogP contribution in [0.5, 0.6) is 17.2 Å². The van der Waals surface area contributed by atoms with E-state index in [2.05, 4.69) is 5.32 Å². The van der Waals surface area contributed by atoms with Crippen molar-refractivity contribution in [1.29, 1.82) is 5.26 Å². The second-order valence-electron chi connectivity index (χ2n) is 5.71. The largest absolute Gasteiger partial charge is 0.493 e. The fourth-order valence-electron chi connectivity index (χ4n) is 2.49. The predicted molar refractivity (Wildman–Crippen MR) is 108 cm³/mol. The first-order chi connectivity index (χ1) is 13.9. The van der Waals surface area contributed by atoms with Crippen LogP contribution in [0.4, 0.5) is 5.69 Å². The number of ether oxygens (including phenoxy) is 4. The lowest BCUT2D eigenvalue weighted by Crippen LogP contribution is -2.21. The van der Waals surface area contributed by atoms with E-state index in [0.717, 1.165) is 22.2 Å². The minimum absolute atomic E-state index is 0.154. The average molecular weight is 416 g/mol. The summed E-state index contributed by atoms with van der Waals surface area (Å²) in [5, 5.41) is 13.4. The summed E-state index contributed by atoms with van der Waals surface area (Å²) in [7, 11) is 4.32. The molecular formula is C20H20N2O6S. The minimum atomic E-state index is -0.711. The molecule has 2 aromatic rings. The molecule has 0 atom stereocenters. The summed E-state index contributed by atoms with van der Waals surface area (Å²) in [6.45, 7) is 1.34. The van der Waals surface area contributed by atoms with Crippen molar-refractivity contribution >= 4 is 29.3 Å². The molecule has 0 aliphatic carbocycles. The van der Waals surface area contributed by atoms with E-state index in [9.17, 15) is 9.59 Å². The van der Waals surface area contributed by atoms with Crippen LogP contribution in [0.2, 0.25) is 0 Å². The Morgan fingerprint density at radius 1 is 1.07 bits per heavy atom. The number of benzene rings is 2. The van der Waals surface area contributed by atoms with E-state index in [1.807, 2.05) is 5.40 Å². The summed E-state index contributed by atoms with van der Waals surface area (Å²) in [6, 6.07) is 8.08. The van der Waals surface area contributed by atoms with Crippen LogP contribution in [0.3, 0.4) is 0 Å². The highest BCUT2D eigenvalue weighted by Crippen LogP contribution is 2.38. The van der Waals surface area contributed by atoms with E-state index in [1.54, 1.807) is 25.1 Å². The highest BCUT2D eigenvalue weighted by Gasteiger charge is 2.19. The van der Waals surface area contributed by atoms with Crippen LogP contribution < -0.4 is 19.5 Å². The van der Waals surface area contributed by atoms with Gasteiger partial charge in [-0.15, -0.1) is 0 Å². The van der Waals surface area contributed by atoms with E-state index < -0.39 is 18.5 Å². The molecule has 0 saturated carbocycles. The third-order valence-electron chi connectivity index (χ3n) is 3.87. The fraction of sp³-hybridized carbons (Fsp3) is 0.250. The van der Waals surface area contributed by atoms with Crippen molar-refractivity contribution in [3.63, 3.8) is 0 Å². The third kappa shape index (κ3) is 5.56. The van der Waals surface area contributed by atoms with Crippen LogP contribution in [0.25, 0.3) is 0 Å². The normalized spacial score (nSPS) is 9.90. The minimum Gasteiger partial charge on any atom is -0.493 e. The van der Waals surface area contributed by atoms with Crippen LogP contribution in [-0.2, 0) is 9.53 Å². The first-order valence-corrected chi connectivity index (χ1v) is 9.18.